The normalized spacial score (nSPS) is 23.0. The van der Waals surface area contributed by atoms with Crippen LogP contribution in [0.25, 0.3) is 0 Å². The summed E-state index contributed by atoms with van der Waals surface area (Å²) in [5.41, 5.74) is 0. The molecule has 0 atom stereocenters. The summed E-state index contributed by atoms with van der Waals surface area (Å²) < 4.78 is 0. The highest BCUT2D eigenvalue weighted by Crippen LogP contribution is 2.21. The van der Waals surface area contributed by atoms with E-state index in [1.807, 2.05) is 6.08 Å². The smallest absolute Gasteiger partial charge is 0.243 e. The summed E-state index contributed by atoms with van der Waals surface area (Å²) in [4.78, 5) is 16.7. The van der Waals surface area contributed by atoms with Crippen LogP contribution in [0.15, 0.2) is 17.3 Å². The molecule has 3 nitrogen and oxygen atoms in total. The van der Waals surface area contributed by atoms with Crippen molar-refractivity contribution in [2.75, 3.05) is 12.3 Å². The molecule has 52 valence electrons. The number of fused-ring (bicyclic) bond motifs is 1. The second kappa shape index (κ2) is 2.12. The van der Waals surface area contributed by atoms with Gasteiger partial charge in [-0.3, -0.25) is 14.7 Å². The molecule has 0 unspecified atom stereocenters. The molecule has 4 heteroatoms. The molecule has 1 amide bonds. The molecule has 0 radical (unpaired) electrons. The standard InChI is InChI=1S/C6H6N2OS/c9-5-4-10-6-7-2-1-3-8(5)6/h1,3H,2,4H2. The summed E-state index contributed by atoms with van der Waals surface area (Å²) in [6.07, 6.45) is 3.68. The second-order valence-corrected chi connectivity index (χ2v) is 3.00. The molecular weight excluding hydrogens is 148 g/mol. The Hall–Kier alpha value is -0.770. The first kappa shape index (κ1) is 5.97. The number of amidine groups is 1. The van der Waals surface area contributed by atoms with Crippen molar-refractivity contribution >= 4 is 22.8 Å². The summed E-state index contributed by atoms with van der Waals surface area (Å²) in [5, 5.41) is 0.854. The lowest BCUT2D eigenvalue weighted by Gasteiger charge is -2.12. The molecule has 0 aromatic heterocycles. The monoisotopic (exact) mass is 154 g/mol. The molecule has 2 aliphatic heterocycles. The number of hydrogen-bond donors (Lipinski definition) is 0. The van der Waals surface area contributed by atoms with Gasteiger partial charge < -0.3 is 0 Å². The Morgan fingerprint density at radius 2 is 2.60 bits per heavy atom. The van der Waals surface area contributed by atoms with E-state index in [-0.39, 0.29) is 5.91 Å². The van der Waals surface area contributed by atoms with Crippen molar-refractivity contribution in [3.63, 3.8) is 0 Å². The van der Waals surface area contributed by atoms with Gasteiger partial charge in [-0.1, -0.05) is 11.8 Å². The van der Waals surface area contributed by atoms with Crippen LogP contribution in [0.2, 0.25) is 0 Å². The summed E-state index contributed by atoms with van der Waals surface area (Å²) in [6.45, 7) is 0.714. The minimum atomic E-state index is 0.139. The molecule has 10 heavy (non-hydrogen) atoms. The summed E-state index contributed by atoms with van der Waals surface area (Å²) in [7, 11) is 0. The molecule has 0 saturated carbocycles. The largest absolute Gasteiger partial charge is 0.273 e. The molecule has 0 bridgehead atoms. The molecule has 0 aromatic rings. The van der Waals surface area contributed by atoms with Gasteiger partial charge in [-0.05, 0) is 6.08 Å². The number of rotatable bonds is 0. The van der Waals surface area contributed by atoms with Gasteiger partial charge >= 0.3 is 0 Å². The van der Waals surface area contributed by atoms with Crippen LogP contribution in [0.3, 0.4) is 0 Å². The Labute approximate surface area is 62.8 Å². The lowest BCUT2D eigenvalue weighted by atomic mass is 10.5. The lowest BCUT2D eigenvalue weighted by Crippen LogP contribution is -2.25. The number of carbonyl (C=O) groups is 1. The fraction of sp³-hybridized carbons (Fsp3) is 0.333. The first-order valence-corrected chi connectivity index (χ1v) is 4.02. The van der Waals surface area contributed by atoms with E-state index in [1.54, 1.807) is 11.1 Å². The van der Waals surface area contributed by atoms with Gasteiger partial charge in [0.15, 0.2) is 5.17 Å². The van der Waals surface area contributed by atoms with E-state index in [2.05, 4.69) is 4.99 Å². The highest BCUT2D eigenvalue weighted by molar-refractivity contribution is 8.15. The van der Waals surface area contributed by atoms with Crippen LogP contribution in [0.1, 0.15) is 0 Å². The van der Waals surface area contributed by atoms with Crippen molar-refractivity contribution in [2.45, 2.75) is 0 Å². The summed E-state index contributed by atoms with van der Waals surface area (Å²) in [5.74, 6) is 0.683. The zero-order valence-electron chi connectivity index (χ0n) is 5.28. The zero-order chi connectivity index (χ0) is 6.97. The minimum Gasteiger partial charge on any atom is -0.273 e. The number of aliphatic imine (C=N–C) groups is 1. The number of hydrogen-bond acceptors (Lipinski definition) is 3. The SMILES string of the molecule is O=C1CSC2=NCC=CN12. The van der Waals surface area contributed by atoms with Gasteiger partial charge in [0, 0.05) is 6.20 Å². The van der Waals surface area contributed by atoms with Gasteiger partial charge in [0.05, 0.1) is 12.3 Å². The molecule has 0 spiro atoms. The summed E-state index contributed by atoms with van der Waals surface area (Å²) in [6, 6.07) is 0. The quantitative estimate of drug-likeness (QED) is 0.507. The van der Waals surface area contributed by atoms with E-state index < -0.39 is 0 Å². The van der Waals surface area contributed by atoms with Crippen molar-refractivity contribution < 1.29 is 4.79 Å². The first-order valence-electron chi connectivity index (χ1n) is 3.04. The number of nitrogens with zero attached hydrogens (tertiary/aromatic N) is 2. The van der Waals surface area contributed by atoms with Crippen molar-refractivity contribution in [1.82, 2.24) is 4.90 Å². The average molecular weight is 154 g/mol. The maximum atomic E-state index is 11.0. The lowest BCUT2D eigenvalue weighted by molar-refractivity contribution is -0.122. The van der Waals surface area contributed by atoms with Crippen LogP contribution in [0.5, 0.6) is 0 Å². The zero-order valence-corrected chi connectivity index (χ0v) is 6.10. The molecular formula is C6H6N2OS. The van der Waals surface area contributed by atoms with Crippen LogP contribution in [0.4, 0.5) is 0 Å². The third kappa shape index (κ3) is 0.759. The van der Waals surface area contributed by atoms with Crippen LogP contribution in [-0.4, -0.2) is 28.3 Å². The average Bonchev–Trinajstić information content (AvgIpc) is 2.34. The summed E-state index contributed by atoms with van der Waals surface area (Å²) >= 11 is 1.51. The fourth-order valence-electron chi connectivity index (χ4n) is 0.924. The minimum absolute atomic E-state index is 0.139. The maximum Gasteiger partial charge on any atom is 0.243 e. The topological polar surface area (TPSA) is 32.7 Å². The molecule has 2 heterocycles. The van der Waals surface area contributed by atoms with Gasteiger partial charge in [-0.15, -0.1) is 0 Å². The predicted octanol–water partition coefficient (Wildman–Crippen LogP) is 0.445. The Bertz CT molecular complexity index is 234. The van der Waals surface area contributed by atoms with E-state index >= 15 is 0 Å². The molecule has 2 aliphatic rings. The van der Waals surface area contributed by atoms with Crippen LogP contribution in [-0.2, 0) is 4.79 Å². The third-order valence-electron chi connectivity index (χ3n) is 1.39. The van der Waals surface area contributed by atoms with Crippen LogP contribution < -0.4 is 0 Å². The van der Waals surface area contributed by atoms with Crippen molar-refractivity contribution in [1.29, 1.82) is 0 Å². The molecule has 1 fully saturated rings. The molecule has 0 aromatic carbocycles. The number of thioether (sulfide) groups is 1. The Morgan fingerprint density at radius 3 is 3.40 bits per heavy atom. The molecule has 1 saturated heterocycles. The van der Waals surface area contributed by atoms with E-state index in [0.717, 1.165) is 5.17 Å². The van der Waals surface area contributed by atoms with Crippen LogP contribution in [0, 0.1) is 0 Å². The molecule has 0 N–H and O–H groups in total. The Kier molecular flexibility index (Phi) is 1.27. The van der Waals surface area contributed by atoms with Crippen molar-refractivity contribution in [3.8, 4) is 0 Å². The fourth-order valence-corrected chi connectivity index (χ4v) is 1.78. The second-order valence-electron chi connectivity index (χ2n) is 2.06. The van der Waals surface area contributed by atoms with Gasteiger partial charge in [0.2, 0.25) is 5.91 Å². The predicted molar refractivity (Wildman–Crippen MR) is 40.7 cm³/mol. The first-order chi connectivity index (χ1) is 4.88. The van der Waals surface area contributed by atoms with E-state index in [0.29, 0.717) is 12.3 Å². The highest BCUT2D eigenvalue weighted by atomic mass is 32.2. The van der Waals surface area contributed by atoms with Crippen LogP contribution >= 0.6 is 11.8 Å². The van der Waals surface area contributed by atoms with Crippen molar-refractivity contribution in [2.24, 2.45) is 4.99 Å². The highest BCUT2D eigenvalue weighted by Gasteiger charge is 2.26. The maximum absolute atomic E-state index is 11.0. The number of carbonyl (C=O) groups excluding carboxylic acids is 1. The van der Waals surface area contributed by atoms with Crippen molar-refractivity contribution in [3.05, 3.63) is 12.3 Å². The number of amides is 1. The Morgan fingerprint density at radius 1 is 1.70 bits per heavy atom. The Balaban J connectivity index is 2.32. The van der Waals surface area contributed by atoms with Gasteiger partial charge in [0.1, 0.15) is 0 Å². The van der Waals surface area contributed by atoms with Gasteiger partial charge in [-0.25, -0.2) is 0 Å². The molecule has 2 rings (SSSR count). The van der Waals surface area contributed by atoms with E-state index in [4.69, 9.17) is 0 Å². The van der Waals surface area contributed by atoms with Gasteiger partial charge in [0.25, 0.3) is 0 Å². The van der Waals surface area contributed by atoms with E-state index in [1.165, 1.54) is 11.8 Å². The third-order valence-corrected chi connectivity index (χ3v) is 2.36. The van der Waals surface area contributed by atoms with Gasteiger partial charge in [-0.2, -0.15) is 0 Å². The molecule has 0 aliphatic carbocycles. The van der Waals surface area contributed by atoms with E-state index in [9.17, 15) is 4.79 Å².